The summed E-state index contributed by atoms with van der Waals surface area (Å²) in [5.74, 6) is 0. The fourth-order valence-electron chi connectivity index (χ4n) is 1.60. The van der Waals surface area contributed by atoms with E-state index in [2.05, 4.69) is 5.10 Å². The topological polar surface area (TPSA) is 83.2 Å². The Morgan fingerprint density at radius 2 is 2.11 bits per heavy atom. The Morgan fingerprint density at radius 1 is 1.39 bits per heavy atom. The van der Waals surface area contributed by atoms with Gasteiger partial charge in [0.25, 0.3) is 0 Å². The summed E-state index contributed by atoms with van der Waals surface area (Å²) >= 11 is 0. The highest BCUT2D eigenvalue weighted by Gasteiger charge is 2.17. The Labute approximate surface area is 105 Å². The maximum Gasteiger partial charge on any atom is 0.333 e. The summed E-state index contributed by atoms with van der Waals surface area (Å²) in [5.41, 5.74) is 0.832. The van der Waals surface area contributed by atoms with Crippen LogP contribution in [0.25, 0.3) is 10.9 Å². The summed E-state index contributed by atoms with van der Waals surface area (Å²) < 4.78 is 33.5. The zero-order valence-corrected chi connectivity index (χ0v) is 10.6. The standard InChI is InChI=1S/C11H13N3O3S/c1-9(8-12-18(15,16)17)14-7-6-10-4-2-3-5-11(10)13-14/h2-7,9,12H,8H2,1H3/p+1/t9-/m0/s1. The monoisotopic (exact) mass is 268 g/mol. The molecule has 0 radical (unpaired) electrons. The van der Waals surface area contributed by atoms with Crippen molar-refractivity contribution >= 4 is 21.2 Å². The molecule has 1 aromatic carbocycles. The summed E-state index contributed by atoms with van der Waals surface area (Å²) in [6.07, 6.45) is 1.78. The zero-order chi connectivity index (χ0) is 13.2. The first-order valence-corrected chi connectivity index (χ1v) is 6.89. The zero-order valence-electron chi connectivity index (χ0n) is 9.81. The molecular weight excluding hydrogens is 254 g/mol. The van der Waals surface area contributed by atoms with Gasteiger partial charge in [-0.05, 0) is 6.07 Å². The van der Waals surface area contributed by atoms with Crippen molar-refractivity contribution in [1.29, 1.82) is 0 Å². The van der Waals surface area contributed by atoms with Gasteiger partial charge in [-0.1, -0.05) is 22.9 Å². The van der Waals surface area contributed by atoms with Gasteiger partial charge in [-0.3, -0.25) is 4.55 Å². The molecule has 0 aliphatic carbocycles. The fourth-order valence-corrected chi connectivity index (χ4v) is 2.05. The van der Waals surface area contributed by atoms with E-state index in [1.165, 1.54) is 0 Å². The van der Waals surface area contributed by atoms with Crippen LogP contribution >= 0.6 is 0 Å². The molecule has 2 N–H and O–H groups in total. The van der Waals surface area contributed by atoms with E-state index in [1.54, 1.807) is 17.8 Å². The van der Waals surface area contributed by atoms with E-state index < -0.39 is 10.3 Å². The lowest BCUT2D eigenvalue weighted by Crippen LogP contribution is -2.46. The molecule has 0 saturated carbocycles. The van der Waals surface area contributed by atoms with Crippen LogP contribution in [0.1, 0.15) is 13.0 Å². The van der Waals surface area contributed by atoms with Crippen molar-refractivity contribution in [2.75, 3.05) is 6.54 Å². The second kappa shape index (κ2) is 4.97. The largest absolute Gasteiger partial charge is 0.333 e. The molecule has 1 atom stereocenters. The van der Waals surface area contributed by atoms with E-state index in [-0.39, 0.29) is 12.6 Å². The molecule has 0 bridgehead atoms. The lowest BCUT2D eigenvalue weighted by Gasteiger charge is -2.05. The van der Waals surface area contributed by atoms with Gasteiger partial charge < -0.3 is 0 Å². The van der Waals surface area contributed by atoms with Crippen LogP contribution in [0.2, 0.25) is 0 Å². The van der Waals surface area contributed by atoms with Gasteiger partial charge in [0.15, 0.2) is 12.2 Å². The van der Waals surface area contributed by atoms with Gasteiger partial charge in [0.05, 0.1) is 6.54 Å². The molecule has 0 unspecified atom stereocenters. The first-order valence-electron chi connectivity index (χ1n) is 5.45. The van der Waals surface area contributed by atoms with Crippen LogP contribution in [0.15, 0.2) is 36.5 Å². The van der Waals surface area contributed by atoms with Gasteiger partial charge in [0, 0.05) is 23.5 Å². The second-order valence-corrected chi connectivity index (χ2v) is 5.27. The van der Waals surface area contributed by atoms with E-state index in [0.29, 0.717) is 0 Å². The number of hydrogen-bond acceptors (Lipinski definition) is 3. The van der Waals surface area contributed by atoms with Crippen molar-refractivity contribution in [3.63, 3.8) is 0 Å². The van der Waals surface area contributed by atoms with Crippen LogP contribution in [-0.4, -0.2) is 24.6 Å². The molecule has 6 nitrogen and oxygen atoms in total. The highest BCUT2D eigenvalue weighted by Crippen LogP contribution is 2.07. The number of aromatic nitrogens is 2. The Hall–Kier alpha value is -1.57. The number of benzene rings is 1. The van der Waals surface area contributed by atoms with Gasteiger partial charge in [0.2, 0.25) is 0 Å². The third kappa shape index (κ3) is 3.22. The lowest BCUT2D eigenvalue weighted by atomic mass is 10.2. The molecule has 1 aromatic heterocycles. The molecule has 1 heterocycles. The van der Waals surface area contributed by atoms with E-state index >= 15 is 0 Å². The first-order chi connectivity index (χ1) is 8.46. The summed E-state index contributed by atoms with van der Waals surface area (Å²) in [7, 11) is -4.16. The molecule has 2 rings (SSSR count). The van der Waals surface area contributed by atoms with Crippen molar-refractivity contribution < 1.29 is 17.7 Å². The van der Waals surface area contributed by atoms with Crippen LogP contribution in [0.3, 0.4) is 0 Å². The third-order valence-electron chi connectivity index (χ3n) is 2.58. The normalized spacial score (nSPS) is 13.7. The Kier molecular flexibility index (Phi) is 3.55. The van der Waals surface area contributed by atoms with Gasteiger partial charge in [0.1, 0.15) is 5.52 Å². The van der Waals surface area contributed by atoms with Gasteiger partial charge in [-0.25, -0.2) is 0 Å². The molecule has 2 aromatic rings. The van der Waals surface area contributed by atoms with Crippen molar-refractivity contribution in [2.45, 2.75) is 13.0 Å². The van der Waals surface area contributed by atoms with E-state index in [9.17, 15) is 8.42 Å². The molecule has 0 spiro atoms. The Bertz CT molecular complexity index is 657. The van der Waals surface area contributed by atoms with Crippen molar-refractivity contribution in [2.24, 2.45) is 0 Å². The van der Waals surface area contributed by atoms with Crippen molar-refractivity contribution in [3.05, 3.63) is 36.5 Å². The predicted molar refractivity (Wildman–Crippen MR) is 66.2 cm³/mol. The summed E-state index contributed by atoms with van der Waals surface area (Å²) in [4.78, 5) is 0. The average molecular weight is 268 g/mol. The second-order valence-electron chi connectivity index (χ2n) is 4.03. The highest BCUT2D eigenvalue weighted by molar-refractivity contribution is 7.83. The van der Waals surface area contributed by atoms with Crippen molar-refractivity contribution in [1.82, 2.24) is 9.82 Å². The molecule has 18 heavy (non-hydrogen) atoms. The molecule has 7 heteroatoms. The lowest BCUT2D eigenvalue weighted by molar-refractivity contribution is -0.770. The van der Waals surface area contributed by atoms with Crippen LogP contribution < -0.4 is 9.40 Å². The smallest absolute Gasteiger partial charge is 0.273 e. The number of hydrogen-bond donors (Lipinski definition) is 2. The SMILES string of the molecule is C[C@@H](CNS(=O)(=O)O)[n+]1ccc2ccccc2n1. The molecule has 0 saturated heterocycles. The molecule has 0 aliphatic heterocycles. The fraction of sp³-hybridized carbons (Fsp3) is 0.273. The quantitative estimate of drug-likeness (QED) is 0.624. The number of rotatable bonds is 4. The summed E-state index contributed by atoms with van der Waals surface area (Å²) in [6, 6.07) is 9.37. The molecule has 0 fully saturated rings. The highest BCUT2D eigenvalue weighted by atomic mass is 32.2. The summed E-state index contributed by atoms with van der Waals surface area (Å²) in [6.45, 7) is 1.88. The van der Waals surface area contributed by atoms with Crippen molar-refractivity contribution in [3.8, 4) is 0 Å². The van der Waals surface area contributed by atoms with E-state index in [4.69, 9.17) is 4.55 Å². The van der Waals surface area contributed by atoms with Crippen LogP contribution in [0, 0.1) is 0 Å². The Balaban J connectivity index is 2.20. The minimum Gasteiger partial charge on any atom is -0.273 e. The van der Waals surface area contributed by atoms with Crippen LogP contribution in [-0.2, 0) is 10.3 Å². The maximum atomic E-state index is 10.6. The van der Waals surface area contributed by atoms with Gasteiger partial charge in [-0.2, -0.15) is 13.1 Å². The number of fused-ring (bicyclic) bond motifs is 1. The minimum absolute atomic E-state index is 0.0782. The van der Waals surface area contributed by atoms with Gasteiger partial charge in [-0.15, -0.1) is 0 Å². The minimum atomic E-state index is -4.16. The maximum absolute atomic E-state index is 10.6. The number of nitrogens with one attached hydrogen (secondary N) is 1. The number of nitrogens with zero attached hydrogens (tertiary/aromatic N) is 2. The first kappa shape index (κ1) is 12.9. The average Bonchev–Trinajstić information content (AvgIpc) is 2.34. The predicted octanol–water partition coefficient (Wildman–Crippen LogP) is 0.476. The Morgan fingerprint density at radius 3 is 2.83 bits per heavy atom. The molecule has 0 aliphatic rings. The molecule has 96 valence electrons. The van der Waals surface area contributed by atoms with E-state index in [1.807, 2.05) is 35.1 Å². The van der Waals surface area contributed by atoms with Crippen LogP contribution in [0.4, 0.5) is 0 Å². The van der Waals surface area contributed by atoms with E-state index in [0.717, 1.165) is 10.9 Å². The molecular formula is C11H14N3O3S+. The van der Waals surface area contributed by atoms with Gasteiger partial charge >= 0.3 is 10.3 Å². The van der Waals surface area contributed by atoms with Crippen LogP contribution in [0.5, 0.6) is 0 Å². The third-order valence-corrected chi connectivity index (χ3v) is 3.11. The molecule has 0 amide bonds. The summed E-state index contributed by atoms with van der Waals surface area (Å²) in [5, 5.41) is 5.39.